The SMILES string of the molecule is COc1ccccc1-n1nc(Cn2nc(-c3ccc(Cl)cc3)n(CCC(F)(F)F)c2=O)nc1C(C)O. The van der Waals surface area contributed by atoms with Crippen molar-refractivity contribution in [2.45, 2.75) is 38.7 Å². The van der Waals surface area contributed by atoms with Gasteiger partial charge in [0.2, 0.25) is 0 Å². The van der Waals surface area contributed by atoms with Gasteiger partial charge in [0.05, 0.1) is 13.5 Å². The molecule has 0 saturated carbocycles. The van der Waals surface area contributed by atoms with E-state index < -0.39 is 30.9 Å². The van der Waals surface area contributed by atoms with Crippen LogP contribution in [0.5, 0.6) is 5.75 Å². The lowest BCUT2D eigenvalue weighted by atomic mass is 10.2. The maximum atomic E-state index is 13.1. The first-order chi connectivity index (χ1) is 17.1. The van der Waals surface area contributed by atoms with Crippen molar-refractivity contribution in [2.75, 3.05) is 7.11 Å². The Morgan fingerprint density at radius 3 is 2.44 bits per heavy atom. The van der Waals surface area contributed by atoms with Gasteiger partial charge in [-0.3, -0.25) is 4.57 Å². The zero-order chi connectivity index (χ0) is 26.0. The number of para-hydroxylation sites is 2. The minimum absolute atomic E-state index is 0.0563. The van der Waals surface area contributed by atoms with Gasteiger partial charge >= 0.3 is 11.9 Å². The van der Waals surface area contributed by atoms with Gasteiger partial charge in [-0.25, -0.2) is 19.1 Å². The molecule has 0 saturated heterocycles. The van der Waals surface area contributed by atoms with Gasteiger partial charge in [-0.05, 0) is 43.3 Å². The Bertz CT molecular complexity index is 1410. The molecule has 0 amide bonds. The van der Waals surface area contributed by atoms with E-state index in [-0.39, 0.29) is 24.0 Å². The van der Waals surface area contributed by atoms with Crippen molar-refractivity contribution in [2.24, 2.45) is 0 Å². The first-order valence-corrected chi connectivity index (χ1v) is 11.2. The van der Waals surface area contributed by atoms with Crippen molar-refractivity contribution < 1.29 is 23.0 Å². The number of hydrogen-bond acceptors (Lipinski definition) is 6. The molecular formula is C23H22ClF3N6O3. The molecule has 9 nitrogen and oxygen atoms in total. The minimum atomic E-state index is -4.46. The third-order valence-electron chi connectivity index (χ3n) is 5.30. The smallest absolute Gasteiger partial charge is 0.390 e. The van der Waals surface area contributed by atoms with Gasteiger partial charge in [-0.1, -0.05) is 23.7 Å². The average Bonchev–Trinajstić information content (AvgIpc) is 3.39. The molecule has 2 heterocycles. The summed E-state index contributed by atoms with van der Waals surface area (Å²) in [6, 6.07) is 13.2. The van der Waals surface area contributed by atoms with Crippen molar-refractivity contribution >= 4 is 11.6 Å². The molecule has 4 rings (SSSR count). The topological polar surface area (TPSA) is 100.0 Å². The van der Waals surface area contributed by atoms with Gasteiger partial charge in [-0.15, -0.1) is 10.2 Å². The summed E-state index contributed by atoms with van der Waals surface area (Å²) in [6.07, 6.45) is -6.67. The monoisotopic (exact) mass is 522 g/mol. The lowest BCUT2D eigenvalue weighted by molar-refractivity contribution is -0.136. The zero-order valence-electron chi connectivity index (χ0n) is 19.3. The van der Waals surface area contributed by atoms with E-state index in [1.807, 2.05) is 0 Å². The molecule has 1 atom stereocenters. The fraction of sp³-hybridized carbons (Fsp3) is 0.304. The largest absolute Gasteiger partial charge is 0.494 e. The number of aliphatic hydroxyl groups is 1. The van der Waals surface area contributed by atoms with Crippen LogP contribution in [-0.4, -0.2) is 47.5 Å². The Kier molecular flexibility index (Phi) is 7.18. The molecule has 13 heteroatoms. The van der Waals surface area contributed by atoms with E-state index in [9.17, 15) is 23.1 Å². The summed E-state index contributed by atoms with van der Waals surface area (Å²) < 4.78 is 47.5. The van der Waals surface area contributed by atoms with Crippen LogP contribution < -0.4 is 10.4 Å². The van der Waals surface area contributed by atoms with E-state index in [4.69, 9.17) is 16.3 Å². The summed E-state index contributed by atoms with van der Waals surface area (Å²) in [4.78, 5) is 17.4. The summed E-state index contributed by atoms with van der Waals surface area (Å²) in [7, 11) is 1.49. The predicted molar refractivity (Wildman–Crippen MR) is 125 cm³/mol. The number of benzene rings is 2. The minimum Gasteiger partial charge on any atom is -0.494 e. The quantitative estimate of drug-likeness (QED) is 0.375. The van der Waals surface area contributed by atoms with E-state index in [1.54, 1.807) is 48.5 Å². The molecule has 1 N–H and O–H groups in total. The normalized spacial score (nSPS) is 12.6. The van der Waals surface area contributed by atoms with Crippen molar-refractivity contribution in [3.05, 3.63) is 75.7 Å². The fourth-order valence-electron chi connectivity index (χ4n) is 3.62. The fourth-order valence-corrected chi connectivity index (χ4v) is 3.74. The Hall–Kier alpha value is -3.64. The highest BCUT2D eigenvalue weighted by atomic mass is 35.5. The second-order valence-electron chi connectivity index (χ2n) is 7.93. The van der Waals surface area contributed by atoms with Crippen LogP contribution in [0.25, 0.3) is 17.1 Å². The van der Waals surface area contributed by atoms with Crippen LogP contribution in [0, 0.1) is 0 Å². The van der Waals surface area contributed by atoms with Gasteiger partial charge in [0.15, 0.2) is 17.5 Å². The van der Waals surface area contributed by atoms with Gasteiger partial charge in [0, 0.05) is 17.1 Å². The van der Waals surface area contributed by atoms with E-state index in [0.29, 0.717) is 22.0 Å². The van der Waals surface area contributed by atoms with Crippen molar-refractivity contribution in [3.63, 3.8) is 0 Å². The molecule has 0 fully saturated rings. The Morgan fingerprint density at radius 1 is 1.11 bits per heavy atom. The lowest BCUT2D eigenvalue weighted by Crippen LogP contribution is -2.27. The number of methoxy groups -OCH3 is 1. The second kappa shape index (κ2) is 10.2. The van der Waals surface area contributed by atoms with Gasteiger partial charge in [0.1, 0.15) is 24.1 Å². The van der Waals surface area contributed by atoms with Crippen molar-refractivity contribution in [1.29, 1.82) is 0 Å². The summed E-state index contributed by atoms with van der Waals surface area (Å²) in [5.74, 6) is 0.856. The molecule has 4 aromatic rings. The Morgan fingerprint density at radius 2 is 1.81 bits per heavy atom. The van der Waals surface area contributed by atoms with Gasteiger partial charge < -0.3 is 9.84 Å². The lowest BCUT2D eigenvalue weighted by Gasteiger charge is -2.11. The summed E-state index contributed by atoms with van der Waals surface area (Å²) in [5, 5.41) is 19.4. The van der Waals surface area contributed by atoms with Crippen LogP contribution in [0.2, 0.25) is 5.02 Å². The molecule has 0 aliphatic rings. The first kappa shape index (κ1) is 25.5. The number of hydrogen-bond donors (Lipinski definition) is 1. The number of ether oxygens (including phenoxy) is 1. The standard InChI is InChI=1S/C23H22ClF3N6O3/c1-14(34)20-28-19(29-33(20)17-5-3-4-6-18(17)36-2)13-32-22(35)31(12-11-23(25,26)27)21(30-32)15-7-9-16(24)10-8-15/h3-10,14,34H,11-13H2,1-2H3. The Balaban J connectivity index is 1.76. The second-order valence-corrected chi connectivity index (χ2v) is 8.37. The third-order valence-corrected chi connectivity index (χ3v) is 5.55. The van der Waals surface area contributed by atoms with Crippen LogP contribution in [0.15, 0.2) is 53.3 Å². The van der Waals surface area contributed by atoms with Crippen LogP contribution in [0.3, 0.4) is 0 Å². The summed E-state index contributed by atoms with van der Waals surface area (Å²) in [6.45, 7) is 0.666. The number of rotatable bonds is 8. The highest BCUT2D eigenvalue weighted by Gasteiger charge is 2.29. The zero-order valence-corrected chi connectivity index (χ0v) is 20.0. The molecule has 190 valence electrons. The molecule has 2 aromatic carbocycles. The van der Waals surface area contributed by atoms with Crippen LogP contribution in [0.1, 0.15) is 31.1 Å². The summed E-state index contributed by atoms with van der Waals surface area (Å²) >= 11 is 5.93. The average molecular weight is 523 g/mol. The molecule has 36 heavy (non-hydrogen) atoms. The molecule has 0 aliphatic heterocycles. The van der Waals surface area contributed by atoms with E-state index in [2.05, 4.69) is 15.2 Å². The van der Waals surface area contributed by atoms with E-state index in [0.717, 1.165) is 9.25 Å². The molecule has 0 radical (unpaired) electrons. The van der Waals surface area contributed by atoms with E-state index in [1.165, 1.54) is 18.7 Å². The number of aromatic nitrogens is 6. The number of alkyl halides is 3. The maximum Gasteiger partial charge on any atom is 0.390 e. The molecular weight excluding hydrogens is 501 g/mol. The van der Waals surface area contributed by atoms with Crippen molar-refractivity contribution in [1.82, 2.24) is 29.1 Å². The molecule has 2 aromatic heterocycles. The summed E-state index contributed by atoms with van der Waals surface area (Å²) in [5.41, 5.74) is 0.186. The van der Waals surface area contributed by atoms with Crippen LogP contribution >= 0.6 is 11.6 Å². The first-order valence-electron chi connectivity index (χ1n) is 10.8. The predicted octanol–water partition coefficient (Wildman–Crippen LogP) is 4.01. The molecule has 0 spiro atoms. The van der Waals surface area contributed by atoms with Gasteiger partial charge in [0.25, 0.3) is 0 Å². The van der Waals surface area contributed by atoms with Crippen molar-refractivity contribution in [3.8, 4) is 22.8 Å². The molecule has 0 aliphatic carbocycles. The van der Waals surface area contributed by atoms with Gasteiger partial charge in [-0.2, -0.15) is 13.2 Å². The number of aliphatic hydroxyl groups excluding tert-OH is 1. The van der Waals surface area contributed by atoms with Crippen LogP contribution in [-0.2, 0) is 13.1 Å². The third kappa shape index (κ3) is 5.44. The van der Waals surface area contributed by atoms with E-state index >= 15 is 0 Å². The molecule has 1 unspecified atom stereocenters. The highest BCUT2D eigenvalue weighted by Crippen LogP contribution is 2.26. The number of halogens is 4. The maximum absolute atomic E-state index is 13.1. The highest BCUT2D eigenvalue weighted by molar-refractivity contribution is 6.30. The van der Waals surface area contributed by atoms with Crippen LogP contribution in [0.4, 0.5) is 13.2 Å². The number of nitrogens with zero attached hydrogens (tertiary/aromatic N) is 6. The molecule has 0 bridgehead atoms. The Labute approximate surface area is 208 Å².